The molecule has 0 saturated carbocycles. The predicted molar refractivity (Wildman–Crippen MR) is 85.7 cm³/mol. The lowest BCUT2D eigenvalue weighted by molar-refractivity contribution is 0.0618. The van der Waals surface area contributed by atoms with Crippen molar-refractivity contribution in [2.45, 2.75) is 19.9 Å². The third-order valence-electron chi connectivity index (χ3n) is 4.73. The highest BCUT2D eigenvalue weighted by Gasteiger charge is 2.39. The molecule has 4 rings (SSSR count). The zero-order chi connectivity index (χ0) is 17.0. The highest BCUT2D eigenvalue weighted by Crippen LogP contribution is 2.25. The van der Waals surface area contributed by atoms with Crippen LogP contribution in [0, 0.1) is 13.8 Å². The summed E-state index contributed by atoms with van der Waals surface area (Å²) >= 11 is 0. The Morgan fingerprint density at radius 3 is 2.92 bits per heavy atom. The lowest BCUT2D eigenvalue weighted by atomic mass is 10.1. The fraction of sp³-hybridized carbons (Fsp3) is 0.500. The molecular weight excluding hydrogens is 310 g/mol. The van der Waals surface area contributed by atoms with E-state index in [1.807, 2.05) is 27.0 Å². The van der Waals surface area contributed by atoms with Gasteiger partial charge in [0.1, 0.15) is 6.61 Å². The summed E-state index contributed by atoms with van der Waals surface area (Å²) in [5.74, 6) is -0.0411. The maximum atomic E-state index is 13.1. The zero-order valence-corrected chi connectivity index (χ0v) is 13.9. The van der Waals surface area contributed by atoms with Crippen LogP contribution >= 0.6 is 0 Å². The molecule has 0 N–H and O–H groups in total. The van der Waals surface area contributed by atoms with Crippen molar-refractivity contribution in [3.05, 3.63) is 23.0 Å². The first-order valence-corrected chi connectivity index (χ1v) is 7.99. The topological polar surface area (TPSA) is 80.6 Å². The standard InChI is InChI=1S/C16H19N5O3/c1-9-6-12(13-10(2)18-19(3)14(13)17-9)15(22)20-4-5-21-11(7-20)8-24-16(21)23/h6,11H,4-5,7-8H2,1-3H3/t11-/m1/s1. The average Bonchev–Trinajstić information content (AvgIpc) is 3.06. The Labute approximate surface area is 139 Å². The largest absolute Gasteiger partial charge is 0.447 e. The first kappa shape index (κ1) is 14.9. The van der Waals surface area contributed by atoms with E-state index >= 15 is 0 Å². The smallest absolute Gasteiger partial charge is 0.410 e. The van der Waals surface area contributed by atoms with Gasteiger partial charge in [0.25, 0.3) is 5.91 Å². The third-order valence-corrected chi connectivity index (χ3v) is 4.73. The average molecular weight is 329 g/mol. The number of pyridine rings is 1. The second-order valence-corrected chi connectivity index (χ2v) is 6.39. The van der Waals surface area contributed by atoms with Crippen LogP contribution in [0.15, 0.2) is 6.07 Å². The number of ether oxygens (including phenoxy) is 1. The number of carbonyl (C=O) groups is 2. The summed E-state index contributed by atoms with van der Waals surface area (Å²) in [6.45, 7) is 5.62. The van der Waals surface area contributed by atoms with Crippen LogP contribution in [0.25, 0.3) is 11.0 Å². The van der Waals surface area contributed by atoms with Crippen molar-refractivity contribution < 1.29 is 14.3 Å². The molecule has 8 nitrogen and oxygen atoms in total. The van der Waals surface area contributed by atoms with Crippen LogP contribution in [0.2, 0.25) is 0 Å². The van der Waals surface area contributed by atoms with Gasteiger partial charge in [-0.3, -0.25) is 14.4 Å². The van der Waals surface area contributed by atoms with Crippen molar-refractivity contribution in [2.24, 2.45) is 7.05 Å². The minimum Gasteiger partial charge on any atom is -0.447 e. The van der Waals surface area contributed by atoms with Gasteiger partial charge >= 0.3 is 6.09 Å². The van der Waals surface area contributed by atoms with Crippen LogP contribution in [0.5, 0.6) is 0 Å². The summed E-state index contributed by atoms with van der Waals surface area (Å²) in [5, 5.41) is 5.19. The zero-order valence-electron chi connectivity index (χ0n) is 13.9. The number of rotatable bonds is 1. The van der Waals surface area contributed by atoms with Crippen LogP contribution in [0.1, 0.15) is 21.7 Å². The lowest BCUT2D eigenvalue weighted by Gasteiger charge is -2.35. The Bertz CT molecular complexity index is 859. The maximum Gasteiger partial charge on any atom is 0.410 e. The highest BCUT2D eigenvalue weighted by atomic mass is 16.6. The first-order valence-electron chi connectivity index (χ1n) is 7.99. The lowest BCUT2D eigenvalue weighted by Crippen LogP contribution is -2.53. The van der Waals surface area contributed by atoms with Crippen molar-refractivity contribution in [1.82, 2.24) is 24.6 Å². The van der Waals surface area contributed by atoms with Gasteiger partial charge in [-0.15, -0.1) is 0 Å². The van der Waals surface area contributed by atoms with E-state index in [-0.39, 0.29) is 18.0 Å². The van der Waals surface area contributed by atoms with Gasteiger partial charge < -0.3 is 9.64 Å². The molecule has 2 aliphatic heterocycles. The van der Waals surface area contributed by atoms with E-state index in [1.54, 1.807) is 14.5 Å². The normalized spacial score (nSPS) is 20.5. The molecule has 0 radical (unpaired) electrons. The number of amides is 2. The van der Waals surface area contributed by atoms with Crippen LogP contribution in [-0.4, -0.2) is 68.8 Å². The van der Waals surface area contributed by atoms with Crippen LogP contribution in [0.3, 0.4) is 0 Å². The molecule has 2 fully saturated rings. The van der Waals surface area contributed by atoms with Gasteiger partial charge in [0.05, 0.1) is 22.7 Å². The van der Waals surface area contributed by atoms with Crippen molar-refractivity contribution in [3.63, 3.8) is 0 Å². The monoisotopic (exact) mass is 329 g/mol. The molecule has 0 spiro atoms. The molecular formula is C16H19N5O3. The van der Waals surface area contributed by atoms with Gasteiger partial charge in [-0.1, -0.05) is 0 Å². The minimum atomic E-state index is -0.280. The number of piperazine rings is 1. The molecule has 2 aromatic heterocycles. The van der Waals surface area contributed by atoms with Crippen molar-refractivity contribution in [2.75, 3.05) is 26.2 Å². The van der Waals surface area contributed by atoms with Crippen LogP contribution in [0.4, 0.5) is 4.79 Å². The molecule has 2 aliphatic rings. The molecule has 2 amide bonds. The van der Waals surface area contributed by atoms with Gasteiger partial charge in [-0.05, 0) is 19.9 Å². The Balaban J connectivity index is 1.70. The van der Waals surface area contributed by atoms with Gasteiger partial charge in [0.2, 0.25) is 0 Å². The molecule has 24 heavy (non-hydrogen) atoms. The number of fused-ring (bicyclic) bond motifs is 2. The molecule has 0 aliphatic carbocycles. The Morgan fingerprint density at radius 1 is 1.33 bits per heavy atom. The molecule has 0 unspecified atom stereocenters. The SMILES string of the molecule is Cc1cc(C(=O)N2CCN3C(=O)OC[C@H]3C2)c2c(C)nn(C)c2n1. The first-order chi connectivity index (χ1) is 11.5. The summed E-state index contributed by atoms with van der Waals surface area (Å²) in [5.41, 5.74) is 2.92. The molecule has 1 atom stereocenters. The summed E-state index contributed by atoms with van der Waals surface area (Å²) in [6, 6.07) is 1.77. The van der Waals surface area contributed by atoms with Crippen LogP contribution < -0.4 is 0 Å². The Morgan fingerprint density at radius 2 is 2.12 bits per heavy atom. The number of hydrogen-bond donors (Lipinski definition) is 0. The maximum absolute atomic E-state index is 13.1. The van der Waals surface area contributed by atoms with E-state index in [0.29, 0.717) is 37.5 Å². The van der Waals surface area contributed by atoms with Gasteiger partial charge in [-0.2, -0.15) is 5.10 Å². The van der Waals surface area contributed by atoms with Gasteiger partial charge in [0, 0.05) is 32.4 Å². The highest BCUT2D eigenvalue weighted by molar-refractivity contribution is 6.06. The molecule has 4 heterocycles. The fourth-order valence-corrected chi connectivity index (χ4v) is 3.58. The number of nitrogens with zero attached hydrogens (tertiary/aromatic N) is 5. The summed E-state index contributed by atoms with van der Waals surface area (Å²) < 4.78 is 6.78. The van der Waals surface area contributed by atoms with Crippen LogP contribution in [-0.2, 0) is 11.8 Å². The molecule has 2 saturated heterocycles. The molecule has 0 bridgehead atoms. The Kier molecular flexibility index (Phi) is 3.22. The predicted octanol–water partition coefficient (Wildman–Crippen LogP) is 0.862. The number of hydrogen-bond acceptors (Lipinski definition) is 5. The van der Waals surface area contributed by atoms with Crippen molar-refractivity contribution >= 4 is 23.0 Å². The second kappa shape index (κ2) is 5.19. The van der Waals surface area contributed by atoms with Gasteiger partial charge in [0.15, 0.2) is 5.65 Å². The van der Waals surface area contributed by atoms with E-state index in [1.165, 1.54) is 0 Å². The number of cyclic esters (lactones) is 1. The van der Waals surface area contributed by atoms with Gasteiger partial charge in [-0.25, -0.2) is 9.78 Å². The van der Waals surface area contributed by atoms with Crippen molar-refractivity contribution in [1.29, 1.82) is 0 Å². The quantitative estimate of drug-likeness (QED) is 0.775. The van der Waals surface area contributed by atoms with E-state index in [9.17, 15) is 9.59 Å². The second-order valence-electron chi connectivity index (χ2n) is 6.39. The summed E-state index contributed by atoms with van der Waals surface area (Å²) in [4.78, 5) is 32.7. The fourth-order valence-electron chi connectivity index (χ4n) is 3.58. The van der Waals surface area contributed by atoms with Crippen molar-refractivity contribution in [3.8, 4) is 0 Å². The molecule has 126 valence electrons. The molecule has 8 heteroatoms. The molecule has 0 aromatic carbocycles. The van der Waals surface area contributed by atoms with E-state index in [2.05, 4.69) is 10.1 Å². The third kappa shape index (κ3) is 2.13. The Hall–Kier alpha value is -2.64. The summed E-state index contributed by atoms with van der Waals surface area (Å²) in [6.07, 6.45) is -0.280. The van der Waals surface area contributed by atoms with E-state index < -0.39 is 0 Å². The number of aromatic nitrogens is 3. The van der Waals surface area contributed by atoms with E-state index in [4.69, 9.17) is 4.74 Å². The summed E-state index contributed by atoms with van der Waals surface area (Å²) in [7, 11) is 1.83. The van der Waals surface area contributed by atoms with E-state index in [0.717, 1.165) is 16.8 Å². The molecule has 2 aromatic rings. The number of aryl methyl sites for hydroxylation is 3. The minimum absolute atomic E-state index is 0.0411. The number of carbonyl (C=O) groups excluding carboxylic acids is 2.